The summed E-state index contributed by atoms with van der Waals surface area (Å²) >= 11 is 0. The molecule has 0 radical (unpaired) electrons. The summed E-state index contributed by atoms with van der Waals surface area (Å²) in [5, 5.41) is 3.01. The van der Waals surface area contributed by atoms with Crippen molar-refractivity contribution in [2.24, 2.45) is 0 Å². The smallest absolute Gasteiger partial charge is 0.255 e. The van der Waals surface area contributed by atoms with E-state index in [1.165, 1.54) is 36.9 Å². The number of hydrogen-bond acceptors (Lipinski definition) is 4. The molecule has 1 aliphatic heterocycles. The molecule has 29 heavy (non-hydrogen) atoms. The Kier molecular flexibility index (Phi) is 5.93. The highest BCUT2D eigenvalue weighted by Crippen LogP contribution is 2.33. The van der Waals surface area contributed by atoms with Gasteiger partial charge in [-0.05, 0) is 87.4 Å². The van der Waals surface area contributed by atoms with Crippen LogP contribution in [0.15, 0.2) is 36.4 Å². The Morgan fingerprint density at radius 3 is 2.45 bits per heavy atom. The zero-order valence-electron chi connectivity index (χ0n) is 17.4. The topological polar surface area (TPSA) is 50.8 Å². The van der Waals surface area contributed by atoms with Crippen molar-refractivity contribution < 1.29 is 14.3 Å². The van der Waals surface area contributed by atoms with Gasteiger partial charge in [-0.2, -0.15) is 0 Å². The number of benzene rings is 2. The van der Waals surface area contributed by atoms with Gasteiger partial charge in [0.2, 0.25) is 0 Å². The minimum Gasteiger partial charge on any atom is -0.493 e. The fourth-order valence-electron chi connectivity index (χ4n) is 4.34. The molecule has 1 saturated carbocycles. The Labute approximate surface area is 173 Å². The lowest BCUT2D eigenvalue weighted by Crippen LogP contribution is -2.19. The summed E-state index contributed by atoms with van der Waals surface area (Å²) in [7, 11) is 1.61. The minimum atomic E-state index is -0.149. The van der Waals surface area contributed by atoms with E-state index in [2.05, 4.69) is 23.2 Å². The SMILES string of the molecule is COc1cc(C(=O)Nc2ccc(N3CCCC3)c(C)c2)ccc1OC1CCCC1. The van der Waals surface area contributed by atoms with Crippen LogP contribution in [-0.4, -0.2) is 32.2 Å². The van der Waals surface area contributed by atoms with Gasteiger partial charge in [0.15, 0.2) is 11.5 Å². The second kappa shape index (κ2) is 8.76. The average Bonchev–Trinajstić information content (AvgIpc) is 3.42. The van der Waals surface area contributed by atoms with E-state index < -0.39 is 0 Å². The zero-order valence-corrected chi connectivity index (χ0v) is 17.4. The maximum Gasteiger partial charge on any atom is 0.255 e. The molecule has 5 heteroatoms. The molecule has 2 aliphatic rings. The molecule has 2 aromatic rings. The van der Waals surface area contributed by atoms with Crippen LogP contribution in [0.2, 0.25) is 0 Å². The molecule has 1 aliphatic carbocycles. The first-order valence-electron chi connectivity index (χ1n) is 10.7. The fourth-order valence-corrected chi connectivity index (χ4v) is 4.34. The number of aryl methyl sites for hydroxylation is 1. The monoisotopic (exact) mass is 394 g/mol. The molecule has 0 spiro atoms. The van der Waals surface area contributed by atoms with Gasteiger partial charge in [0.25, 0.3) is 5.91 Å². The Hall–Kier alpha value is -2.69. The molecule has 1 amide bonds. The van der Waals surface area contributed by atoms with Gasteiger partial charge in [0.1, 0.15) is 0 Å². The largest absolute Gasteiger partial charge is 0.493 e. The van der Waals surface area contributed by atoms with E-state index in [9.17, 15) is 4.79 Å². The van der Waals surface area contributed by atoms with Crippen molar-refractivity contribution in [1.29, 1.82) is 0 Å². The van der Waals surface area contributed by atoms with Crippen LogP contribution < -0.4 is 19.7 Å². The average molecular weight is 395 g/mol. The summed E-state index contributed by atoms with van der Waals surface area (Å²) in [4.78, 5) is 15.2. The molecule has 5 nitrogen and oxygen atoms in total. The van der Waals surface area contributed by atoms with Gasteiger partial charge in [-0.25, -0.2) is 0 Å². The summed E-state index contributed by atoms with van der Waals surface area (Å²) in [5.41, 5.74) is 3.81. The lowest BCUT2D eigenvalue weighted by atomic mass is 10.1. The predicted molar refractivity (Wildman–Crippen MR) is 116 cm³/mol. The lowest BCUT2D eigenvalue weighted by Gasteiger charge is -2.21. The molecule has 0 aromatic heterocycles. The van der Waals surface area contributed by atoms with Crippen LogP contribution in [0.4, 0.5) is 11.4 Å². The number of carbonyl (C=O) groups is 1. The summed E-state index contributed by atoms with van der Waals surface area (Å²) in [6.07, 6.45) is 7.34. The standard InChI is InChI=1S/C24H30N2O3/c1-17-15-19(10-11-21(17)26-13-5-6-14-26)25-24(27)18-9-12-22(23(16-18)28-2)29-20-7-3-4-8-20/h9-12,15-16,20H,3-8,13-14H2,1-2H3,(H,25,27). The van der Waals surface area contributed by atoms with E-state index >= 15 is 0 Å². The number of nitrogens with one attached hydrogen (secondary N) is 1. The summed E-state index contributed by atoms with van der Waals surface area (Å²) < 4.78 is 11.5. The van der Waals surface area contributed by atoms with Crippen molar-refractivity contribution in [3.8, 4) is 11.5 Å². The van der Waals surface area contributed by atoms with Crippen LogP contribution in [0.3, 0.4) is 0 Å². The van der Waals surface area contributed by atoms with E-state index in [-0.39, 0.29) is 12.0 Å². The normalized spacial score (nSPS) is 16.8. The first-order chi connectivity index (χ1) is 14.1. The molecule has 2 fully saturated rings. The highest BCUT2D eigenvalue weighted by molar-refractivity contribution is 6.04. The first kappa shape index (κ1) is 19.6. The molecule has 154 valence electrons. The molecule has 0 bridgehead atoms. The third-order valence-corrected chi connectivity index (χ3v) is 5.92. The maximum atomic E-state index is 12.8. The van der Waals surface area contributed by atoms with E-state index in [0.29, 0.717) is 17.1 Å². The third-order valence-electron chi connectivity index (χ3n) is 5.92. The molecule has 0 unspecified atom stereocenters. The second-order valence-electron chi connectivity index (χ2n) is 8.04. The highest BCUT2D eigenvalue weighted by atomic mass is 16.5. The van der Waals surface area contributed by atoms with Crippen LogP contribution >= 0.6 is 0 Å². The minimum absolute atomic E-state index is 0.149. The quantitative estimate of drug-likeness (QED) is 0.734. The number of hydrogen-bond donors (Lipinski definition) is 1. The van der Waals surface area contributed by atoms with Crippen molar-refractivity contribution in [3.05, 3.63) is 47.5 Å². The fraction of sp³-hybridized carbons (Fsp3) is 0.458. The Morgan fingerprint density at radius 2 is 1.76 bits per heavy atom. The number of ether oxygens (including phenoxy) is 2. The number of carbonyl (C=O) groups excluding carboxylic acids is 1. The van der Waals surface area contributed by atoms with Crippen LogP contribution in [0.5, 0.6) is 11.5 Å². The molecule has 1 N–H and O–H groups in total. The van der Waals surface area contributed by atoms with Gasteiger partial charge in [0, 0.05) is 30.0 Å². The van der Waals surface area contributed by atoms with Crippen LogP contribution in [-0.2, 0) is 0 Å². The molecular weight excluding hydrogens is 364 g/mol. The van der Waals surface area contributed by atoms with E-state index in [1.54, 1.807) is 19.2 Å². The van der Waals surface area contributed by atoms with Gasteiger partial charge < -0.3 is 19.7 Å². The van der Waals surface area contributed by atoms with E-state index in [0.717, 1.165) is 31.6 Å². The van der Waals surface area contributed by atoms with Gasteiger partial charge in [0.05, 0.1) is 13.2 Å². The maximum absolute atomic E-state index is 12.8. The third kappa shape index (κ3) is 4.50. The zero-order chi connectivity index (χ0) is 20.2. The number of rotatable bonds is 6. The van der Waals surface area contributed by atoms with Crippen molar-refractivity contribution in [3.63, 3.8) is 0 Å². The summed E-state index contributed by atoms with van der Waals surface area (Å²) in [6, 6.07) is 11.5. The van der Waals surface area contributed by atoms with Crippen molar-refractivity contribution >= 4 is 17.3 Å². The molecule has 1 saturated heterocycles. The Balaban J connectivity index is 1.45. The Morgan fingerprint density at radius 1 is 1.00 bits per heavy atom. The van der Waals surface area contributed by atoms with Crippen LogP contribution in [0, 0.1) is 6.92 Å². The van der Waals surface area contributed by atoms with Crippen molar-refractivity contribution in [1.82, 2.24) is 0 Å². The predicted octanol–water partition coefficient (Wildman–Crippen LogP) is 5.18. The van der Waals surface area contributed by atoms with Crippen molar-refractivity contribution in [2.45, 2.75) is 51.6 Å². The van der Waals surface area contributed by atoms with E-state index in [1.807, 2.05) is 18.2 Å². The lowest BCUT2D eigenvalue weighted by molar-refractivity contribution is 0.102. The van der Waals surface area contributed by atoms with Gasteiger partial charge >= 0.3 is 0 Å². The second-order valence-corrected chi connectivity index (χ2v) is 8.04. The highest BCUT2D eigenvalue weighted by Gasteiger charge is 2.20. The van der Waals surface area contributed by atoms with Crippen molar-refractivity contribution in [2.75, 3.05) is 30.4 Å². The number of amides is 1. The first-order valence-corrected chi connectivity index (χ1v) is 10.7. The van der Waals surface area contributed by atoms with Gasteiger partial charge in [-0.1, -0.05) is 0 Å². The molecule has 2 aromatic carbocycles. The van der Waals surface area contributed by atoms with Gasteiger partial charge in [-0.3, -0.25) is 4.79 Å². The number of anilines is 2. The number of nitrogens with zero attached hydrogens (tertiary/aromatic N) is 1. The molecule has 4 rings (SSSR count). The summed E-state index contributed by atoms with van der Waals surface area (Å²) in [5.74, 6) is 1.16. The summed E-state index contributed by atoms with van der Waals surface area (Å²) in [6.45, 7) is 4.32. The molecular formula is C24H30N2O3. The van der Waals surface area contributed by atoms with Crippen LogP contribution in [0.1, 0.15) is 54.4 Å². The van der Waals surface area contributed by atoms with Crippen LogP contribution in [0.25, 0.3) is 0 Å². The van der Waals surface area contributed by atoms with Gasteiger partial charge in [-0.15, -0.1) is 0 Å². The molecule has 1 heterocycles. The number of methoxy groups -OCH3 is 1. The molecule has 0 atom stereocenters. The Bertz CT molecular complexity index is 868. The van der Waals surface area contributed by atoms with E-state index in [4.69, 9.17) is 9.47 Å².